The molecule has 0 spiro atoms. The fraction of sp³-hybridized carbons (Fsp3) is 0.455. The van der Waals surface area contributed by atoms with Gasteiger partial charge in [-0.15, -0.1) is 0 Å². The molecule has 4 rings (SSSR count). The molecule has 170 valence electrons. The highest BCUT2D eigenvalue weighted by atomic mass is 32.1. The zero-order chi connectivity index (χ0) is 22.7. The Morgan fingerprint density at radius 1 is 1.41 bits per heavy atom. The van der Waals surface area contributed by atoms with Crippen molar-refractivity contribution < 1.29 is 9.50 Å². The van der Waals surface area contributed by atoms with Crippen LogP contribution in [0.15, 0.2) is 29.5 Å². The number of nitrogens with one attached hydrogen (secondary N) is 1. The number of hydrogen-bond donors (Lipinski definition) is 2. The SMILES string of the molecule is C/C=C(\C=NC)c1cnc2c(Nc3cc(CN4CCC(F)(CO)CC4)ns3)nc(C)cn12. The molecule has 2 N–H and O–H groups in total. The summed E-state index contributed by atoms with van der Waals surface area (Å²) in [5.74, 6) is 0.665. The monoisotopic (exact) mass is 457 g/mol. The molecule has 0 unspecified atom stereocenters. The lowest BCUT2D eigenvalue weighted by Crippen LogP contribution is -2.43. The van der Waals surface area contributed by atoms with Crippen LogP contribution < -0.4 is 5.32 Å². The van der Waals surface area contributed by atoms with Gasteiger partial charge < -0.3 is 10.4 Å². The highest BCUT2D eigenvalue weighted by molar-refractivity contribution is 7.10. The van der Waals surface area contributed by atoms with Crippen LogP contribution in [0.1, 0.15) is 36.8 Å². The number of aromatic nitrogens is 4. The van der Waals surface area contributed by atoms with Gasteiger partial charge in [-0.1, -0.05) is 6.08 Å². The molecule has 0 aliphatic carbocycles. The number of hydrogen-bond acceptors (Lipinski definition) is 8. The molecule has 3 aromatic rings. The van der Waals surface area contributed by atoms with Crippen molar-refractivity contribution >= 4 is 39.8 Å². The van der Waals surface area contributed by atoms with Gasteiger partial charge in [-0.2, -0.15) is 4.37 Å². The second-order valence-corrected chi connectivity index (χ2v) is 8.90. The summed E-state index contributed by atoms with van der Waals surface area (Å²) in [7, 11) is 1.75. The van der Waals surface area contributed by atoms with Crippen LogP contribution in [0.2, 0.25) is 0 Å². The van der Waals surface area contributed by atoms with E-state index in [2.05, 4.69) is 29.6 Å². The minimum atomic E-state index is -1.44. The summed E-state index contributed by atoms with van der Waals surface area (Å²) in [4.78, 5) is 15.5. The Kier molecular flexibility index (Phi) is 6.63. The minimum absolute atomic E-state index is 0.350. The van der Waals surface area contributed by atoms with E-state index in [0.717, 1.165) is 33.3 Å². The molecular formula is C22H28FN7OS. The fourth-order valence-corrected chi connectivity index (χ4v) is 4.55. The van der Waals surface area contributed by atoms with Crippen molar-refractivity contribution in [2.24, 2.45) is 4.99 Å². The van der Waals surface area contributed by atoms with Crippen molar-refractivity contribution in [1.29, 1.82) is 0 Å². The first-order valence-electron chi connectivity index (χ1n) is 10.6. The van der Waals surface area contributed by atoms with E-state index in [4.69, 9.17) is 0 Å². The maximum Gasteiger partial charge on any atom is 0.180 e. The number of aliphatic hydroxyl groups excluding tert-OH is 1. The number of fused-ring (bicyclic) bond motifs is 1. The Morgan fingerprint density at radius 2 is 2.19 bits per heavy atom. The standard InChI is InChI=1S/C22H28FN7OS/c1-4-16(10-24-3)18-11-25-21-20(26-15(2)12-30(18)21)27-19-9-17(28-32-19)13-29-7-5-22(23,14-31)6-8-29/h4,9-12,31H,5-8,13-14H2,1-3H3,(H,26,27)/b16-4+,24-10?. The third kappa shape index (κ3) is 4.72. The molecule has 0 aromatic carbocycles. The average molecular weight is 458 g/mol. The Bertz CT molecular complexity index is 1140. The van der Waals surface area contributed by atoms with Crippen LogP contribution in [-0.2, 0) is 6.54 Å². The van der Waals surface area contributed by atoms with Gasteiger partial charge in [0.2, 0.25) is 0 Å². The lowest BCUT2D eigenvalue weighted by molar-refractivity contribution is 0.00652. The van der Waals surface area contributed by atoms with Crippen molar-refractivity contribution in [2.45, 2.75) is 38.9 Å². The van der Waals surface area contributed by atoms with Gasteiger partial charge in [0.05, 0.1) is 29.9 Å². The Balaban J connectivity index is 1.51. The van der Waals surface area contributed by atoms with E-state index in [9.17, 15) is 9.50 Å². The number of piperidine rings is 1. The fourth-order valence-electron chi connectivity index (χ4n) is 3.89. The normalized spacial score (nSPS) is 17.5. The first-order chi connectivity index (χ1) is 15.4. The molecular weight excluding hydrogens is 429 g/mol. The number of nitrogens with zero attached hydrogens (tertiary/aromatic N) is 6. The van der Waals surface area contributed by atoms with Crippen LogP contribution in [0.4, 0.5) is 15.2 Å². The Labute approximate surface area is 190 Å². The third-order valence-corrected chi connectivity index (χ3v) is 6.45. The maximum atomic E-state index is 14.2. The van der Waals surface area contributed by atoms with Crippen molar-refractivity contribution in [3.63, 3.8) is 0 Å². The molecule has 0 bridgehead atoms. The van der Waals surface area contributed by atoms with Crippen LogP contribution in [0.3, 0.4) is 0 Å². The molecule has 1 saturated heterocycles. The molecule has 1 aliphatic heterocycles. The van der Waals surface area contributed by atoms with Crippen LogP contribution in [0, 0.1) is 6.92 Å². The molecule has 1 aliphatic rings. The van der Waals surface area contributed by atoms with Crippen LogP contribution in [-0.4, -0.2) is 67.4 Å². The number of allylic oxidation sites excluding steroid dienone is 2. The minimum Gasteiger partial charge on any atom is -0.393 e. The summed E-state index contributed by atoms with van der Waals surface area (Å²) in [6.07, 6.45) is 8.30. The number of aryl methyl sites for hydroxylation is 1. The Morgan fingerprint density at radius 3 is 2.88 bits per heavy atom. The topological polar surface area (TPSA) is 90.9 Å². The van der Waals surface area contributed by atoms with E-state index >= 15 is 0 Å². The first kappa shape index (κ1) is 22.5. The predicted octanol–water partition coefficient (Wildman–Crippen LogP) is 3.64. The number of aliphatic hydroxyl groups is 1. The van der Waals surface area contributed by atoms with Crippen molar-refractivity contribution in [1.82, 2.24) is 23.6 Å². The largest absolute Gasteiger partial charge is 0.393 e. The lowest BCUT2D eigenvalue weighted by Gasteiger charge is -2.34. The zero-order valence-corrected chi connectivity index (χ0v) is 19.4. The summed E-state index contributed by atoms with van der Waals surface area (Å²) >= 11 is 1.37. The number of halogens is 1. The van der Waals surface area contributed by atoms with Crippen molar-refractivity contribution in [3.05, 3.63) is 41.6 Å². The molecule has 10 heteroatoms. The quantitative estimate of drug-likeness (QED) is 0.527. The maximum absolute atomic E-state index is 14.2. The third-order valence-electron chi connectivity index (χ3n) is 5.71. The van der Waals surface area contributed by atoms with Crippen LogP contribution >= 0.6 is 11.5 Å². The van der Waals surface area contributed by atoms with Gasteiger partial charge in [-0.3, -0.25) is 14.3 Å². The number of alkyl halides is 1. The highest BCUT2D eigenvalue weighted by Crippen LogP contribution is 2.29. The zero-order valence-electron chi connectivity index (χ0n) is 18.5. The summed E-state index contributed by atoms with van der Waals surface area (Å²) in [5, 5.41) is 13.4. The smallest absolute Gasteiger partial charge is 0.180 e. The molecule has 0 radical (unpaired) electrons. The Hall–Kier alpha value is -2.69. The van der Waals surface area contributed by atoms with Gasteiger partial charge >= 0.3 is 0 Å². The van der Waals surface area contributed by atoms with Gasteiger partial charge in [0.25, 0.3) is 0 Å². The molecule has 0 atom stereocenters. The van der Waals surface area contributed by atoms with Crippen LogP contribution in [0.25, 0.3) is 11.2 Å². The van der Waals surface area contributed by atoms with Gasteiger partial charge in [0.1, 0.15) is 10.7 Å². The molecule has 8 nitrogen and oxygen atoms in total. The number of imidazole rings is 1. The van der Waals surface area contributed by atoms with E-state index in [1.54, 1.807) is 7.05 Å². The first-order valence-corrected chi connectivity index (χ1v) is 11.4. The molecule has 0 amide bonds. The molecule has 1 fully saturated rings. The van der Waals surface area contributed by atoms with Crippen molar-refractivity contribution in [3.8, 4) is 0 Å². The van der Waals surface area contributed by atoms with Gasteiger partial charge in [-0.05, 0) is 44.3 Å². The van der Waals surface area contributed by atoms with E-state index in [0.29, 0.717) is 38.3 Å². The summed E-state index contributed by atoms with van der Waals surface area (Å²) in [6.45, 7) is 5.40. The number of likely N-dealkylation sites (tertiary alicyclic amines) is 1. The number of rotatable bonds is 7. The van der Waals surface area contributed by atoms with Crippen LogP contribution in [0.5, 0.6) is 0 Å². The number of anilines is 2. The highest BCUT2D eigenvalue weighted by Gasteiger charge is 2.33. The van der Waals surface area contributed by atoms with Gasteiger partial charge in [0, 0.05) is 44.7 Å². The van der Waals surface area contributed by atoms with E-state index in [-0.39, 0.29) is 0 Å². The average Bonchev–Trinajstić information content (AvgIpc) is 3.41. The van der Waals surface area contributed by atoms with E-state index in [1.807, 2.05) is 49.0 Å². The lowest BCUT2D eigenvalue weighted by atomic mass is 9.94. The van der Waals surface area contributed by atoms with Crippen molar-refractivity contribution in [2.75, 3.05) is 32.1 Å². The summed E-state index contributed by atoms with van der Waals surface area (Å²) in [5.41, 5.74) is 3.01. The van der Waals surface area contributed by atoms with Gasteiger partial charge in [-0.25, -0.2) is 14.4 Å². The molecule has 3 aromatic heterocycles. The second kappa shape index (κ2) is 9.43. The predicted molar refractivity (Wildman–Crippen MR) is 127 cm³/mol. The number of aliphatic imine (C=N–C) groups is 1. The van der Waals surface area contributed by atoms with E-state index < -0.39 is 12.3 Å². The molecule has 32 heavy (non-hydrogen) atoms. The second-order valence-electron chi connectivity index (χ2n) is 8.09. The molecule has 0 saturated carbocycles. The molecule has 4 heterocycles. The summed E-state index contributed by atoms with van der Waals surface area (Å²) in [6, 6.07) is 2.00. The summed E-state index contributed by atoms with van der Waals surface area (Å²) < 4.78 is 20.8. The van der Waals surface area contributed by atoms with Gasteiger partial charge in [0.15, 0.2) is 11.5 Å². The van der Waals surface area contributed by atoms with E-state index in [1.165, 1.54) is 11.5 Å².